The van der Waals surface area contributed by atoms with Crippen LogP contribution >= 0.6 is 0 Å². The highest BCUT2D eigenvalue weighted by molar-refractivity contribution is 5.83. The maximum Gasteiger partial charge on any atom is 0.159 e. The summed E-state index contributed by atoms with van der Waals surface area (Å²) in [4.78, 5) is 3.01. The predicted octanol–water partition coefficient (Wildman–Crippen LogP) is 1.65. The van der Waals surface area contributed by atoms with Crippen molar-refractivity contribution in [3.8, 4) is 5.75 Å². The van der Waals surface area contributed by atoms with Crippen LogP contribution in [0, 0.1) is 0 Å². The third-order valence-electron chi connectivity index (χ3n) is 2.51. The number of nitrogens with zero attached hydrogens (tertiary/aromatic N) is 2. The monoisotopic (exact) mass is 193 g/mol. The van der Waals surface area contributed by atoms with Gasteiger partial charge in [0.05, 0.1) is 11.7 Å². The van der Waals surface area contributed by atoms with E-state index in [4.69, 9.17) is 0 Å². The Bertz CT molecular complexity index is 425. The number of aromatic hydroxyl groups is 1. The summed E-state index contributed by atoms with van der Waals surface area (Å²) in [7, 11) is 0. The van der Waals surface area contributed by atoms with Crippen molar-refractivity contribution in [1.82, 2.24) is 9.66 Å². The normalized spacial score (nSPS) is 11.0. The quantitative estimate of drug-likeness (QED) is 0.778. The van der Waals surface area contributed by atoms with Gasteiger partial charge in [0.15, 0.2) is 5.75 Å². The number of hydrogen-bond acceptors (Lipinski definition) is 2. The average Bonchev–Trinajstić information content (AvgIpc) is 2.74. The number of nitrogens with one attached hydrogen (secondary N) is 1. The minimum absolute atomic E-state index is 0.303. The third kappa shape index (κ3) is 1.14. The standard InChI is InChI=1S/C10H15N3O/c1-3-12(4-2)13-7-9(14)10-8(13)5-6-11-10/h5-7,11,14H,3-4H2,1-2H3. The van der Waals surface area contributed by atoms with Crippen LogP contribution in [0.15, 0.2) is 18.5 Å². The van der Waals surface area contributed by atoms with Crippen molar-refractivity contribution in [3.05, 3.63) is 18.5 Å². The van der Waals surface area contributed by atoms with Gasteiger partial charge in [-0.05, 0) is 19.9 Å². The molecule has 0 saturated carbocycles. The molecule has 2 aromatic rings. The van der Waals surface area contributed by atoms with Crippen molar-refractivity contribution in [2.75, 3.05) is 18.1 Å². The topological polar surface area (TPSA) is 44.2 Å². The molecule has 0 fully saturated rings. The Labute approximate surface area is 82.7 Å². The van der Waals surface area contributed by atoms with E-state index in [1.165, 1.54) is 0 Å². The average molecular weight is 193 g/mol. The number of fused-ring (bicyclic) bond motifs is 1. The molecule has 4 heteroatoms. The fourth-order valence-electron chi connectivity index (χ4n) is 1.77. The summed E-state index contributed by atoms with van der Waals surface area (Å²) in [6.07, 6.45) is 3.58. The molecule has 14 heavy (non-hydrogen) atoms. The van der Waals surface area contributed by atoms with Crippen LogP contribution in [0.1, 0.15) is 13.8 Å². The van der Waals surface area contributed by atoms with Gasteiger partial charge in [0.2, 0.25) is 0 Å². The molecule has 4 nitrogen and oxygen atoms in total. The molecule has 76 valence electrons. The van der Waals surface area contributed by atoms with Gasteiger partial charge >= 0.3 is 0 Å². The molecular weight excluding hydrogens is 178 g/mol. The number of H-pyrrole nitrogens is 1. The smallest absolute Gasteiger partial charge is 0.159 e. The van der Waals surface area contributed by atoms with Crippen LogP contribution in [0.25, 0.3) is 11.0 Å². The zero-order chi connectivity index (χ0) is 10.1. The molecule has 2 heterocycles. The molecular formula is C10H15N3O. The van der Waals surface area contributed by atoms with E-state index < -0.39 is 0 Å². The molecule has 0 bridgehead atoms. The lowest BCUT2D eigenvalue weighted by atomic mass is 10.5. The van der Waals surface area contributed by atoms with Gasteiger partial charge in [0.25, 0.3) is 0 Å². The van der Waals surface area contributed by atoms with E-state index in [-0.39, 0.29) is 0 Å². The molecule has 0 unspecified atom stereocenters. The van der Waals surface area contributed by atoms with Gasteiger partial charge in [-0.3, -0.25) is 4.68 Å². The summed E-state index contributed by atoms with van der Waals surface area (Å²) in [5.41, 5.74) is 1.82. The van der Waals surface area contributed by atoms with Gasteiger partial charge in [-0.15, -0.1) is 0 Å². The zero-order valence-corrected chi connectivity index (χ0v) is 8.49. The highest BCUT2D eigenvalue weighted by Gasteiger charge is 2.10. The molecule has 0 saturated heterocycles. The van der Waals surface area contributed by atoms with Gasteiger partial charge in [-0.1, -0.05) is 0 Å². The Kier molecular flexibility index (Phi) is 2.11. The molecule has 0 aliphatic carbocycles. The van der Waals surface area contributed by atoms with Crippen LogP contribution in [-0.4, -0.2) is 27.9 Å². The van der Waals surface area contributed by atoms with Crippen LogP contribution in [0.2, 0.25) is 0 Å². The minimum atomic E-state index is 0.303. The van der Waals surface area contributed by atoms with Gasteiger partial charge in [0, 0.05) is 19.3 Å². The zero-order valence-electron chi connectivity index (χ0n) is 8.49. The summed E-state index contributed by atoms with van der Waals surface area (Å²) in [6.45, 7) is 6.04. The van der Waals surface area contributed by atoms with E-state index >= 15 is 0 Å². The molecule has 0 amide bonds. The van der Waals surface area contributed by atoms with Crippen molar-refractivity contribution in [1.29, 1.82) is 0 Å². The fourth-order valence-corrected chi connectivity index (χ4v) is 1.77. The molecule has 0 aromatic carbocycles. The Morgan fingerprint density at radius 3 is 2.79 bits per heavy atom. The second kappa shape index (κ2) is 3.29. The van der Waals surface area contributed by atoms with Crippen LogP contribution in [0.5, 0.6) is 5.75 Å². The molecule has 2 rings (SSSR count). The van der Waals surface area contributed by atoms with Crippen molar-refractivity contribution < 1.29 is 5.11 Å². The van der Waals surface area contributed by atoms with E-state index in [0.29, 0.717) is 5.75 Å². The molecule has 0 aliphatic rings. The molecule has 0 atom stereocenters. The van der Waals surface area contributed by atoms with Crippen molar-refractivity contribution in [2.24, 2.45) is 0 Å². The maximum atomic E-state index is 9.64. The minimum Gasteiger partial charge on any atom is -0.504 e. The molecule has 2 N–H and O–H groups in total. The number of rotatable bonds is 3. The number of aromatic amines is 1. The van der Waals surface area contributed by atoms with E-state index in [2.05, 4.69) is 23.8 Å². The van der Waals surface area contributed by atoms with Crippen LogP contribution in [-0.2, 0) is 0 Å². The Morgan fingerprint density at radius 1 is 1.43 bits per heavy atom. The van der Waals surface area contributed by atoms with Gasteiger partial charge < -0.3 is 15.1 Å². The summed E-state index contributed by atoms with van der Waals surface area (Å²) in [6, 6.07) is 1.97. The summed E-state index contributed by atoms with van der Waals surface area (Å²) in [5, 5.41) is 11.8. The number of hydrogen-bond donors (Lipinski definition) is 2. The Hall–Kier alpha value is -1.58. The third-order valence-corrected chi connectivity index (χ3v) is 2.51. The largest absolute Gasteiger partial charge is 0.504 e. The van der Waals surface area contributed by atoms with Crippen molar-refractivity contribution in [3.63, 3.8) is 0 Å². The number of aromatic nitrogens is 2. The Morgan fingerprint density at radius 2 is 2.14 bits per heavy atom. The van der Waals surface area contributed by atoms with E-state index in [1.807, 2.05) is 16.9 Å². The first-order chi connectivity index (χ1) is 6.77. The molecule has 2 aromatic heterocycles. The van der Waals surface area contributed by atoms with E-state index in [9.17, 15) is 5.11 Å². The Balaban J connectivity index is 2.55. The SMILES string of the molecule is CCN(CC)n1cc(O)c2[nH]ccc21. The molecule has 0 aliphatic heterocycles. The lowest BCUT2D eigenvalue weighted by molar-refractivity contribution is 0.475. The van der Waals surface area contributed by atoms with Gasteiger partial charge in [-0.2, -0.15) is 0 Å². The first-order valence-electron chi connectivity index (χ1n) is 4.90. The van der Waals surface area contributed by atoms with E-state index in [1.54, 1.807) is 6.20 Å². The molecule has 0 radical (unpaired) electrons. The lowest BCUT2D eigenvalue weighted by Crippen LogP contribution is -2.33. The highest BCUT2D eigenvalue weighted by Crippen LogP contribution is 2.25. The maximum absolute atomic E-state index is 9.64. The summed E-state index contributed by atoms with van der Waals surface area (Å²) >= 11 is 0. The first-order valence-corrected chi connectivity index (χ1v) is 4.90. The first kappa shape index (κ1) is 8.99. The van der Waals surface area contributed by atoms with Crippen LogP contribution in [0.3, 0.4) is 0 Å². The second-order valence-corrected chi connectivity index (χ2v) is 3.24. The van der Waals surface area contributed by atoms with E-state index in [0.717, 1.165) is 24.1 Å². The van der Waals surface area contributed by atoms with Gasteiger partial charge in [0.1, 0.15) is 5.52 Å². The summed E-state index contributed by atoms with van der Waals surface area (Å²) < 4.78 is 1.99. The van der Waals surface area contributed by atoms with Crippen molar-refractivity contribution >= 4 is 11.0 Å². The van der Waals surface area contributed by atoms with Crippen LogP contribution < -0.4 is 5.01 Å². The highest BCUT2D eigenvalue weighted by atomic mass is 16.3. The lowest BCUT2D eigenvalue weighted by Gasteiger charge is -2.22. The van der Waals surface area contributed by atoms with Crippen LogP contribution in [0.4, 0.5) is 0 Å². The summed E-state index contributed by atoms with van der Waals surface area (Å²) in [5.74, 6) is 0.303. The fraction of sp³-hybridized carbons (Fsp3) is 0.400. The van der Waals surface area contributed by atoms with Crippen molar-refractivity contribution in [2.45, 2.75) is 13.8 Å². The molecule has 0 spiro atoms. The van der Waals surface area contributed by atoms with Gasteiger partial charge in [-0.25, -0.2) is 0 Å². The predicted molar refractivity (Wildman–Crippen MR) is 57.3 cm³/mol. The second-order valence-electron chi connectivity index (χ2n) is 3.24.